The number of ketones is 1. The fourth-order valence-electron chi connectivity index (χ4n) is 2.30. The first kappa shape index (κ1) is 15.7. The molecule has 1 atom stereocenters. The van der Waals surface area contributed by atoms with Gasteiger partial charge in [-0.2, -0.15) is 0 Å². The second kappa shape index (κ2) is 6.52. The molecule has 1 unspecified atom stereocenters. The summed E-state index contributed by atoms with van der Waals surface area (Å²) in [5, 5.41) is 4.75. The lowest BCUT2D eigenvalue weighted by Gasteiger charge is -2.23. The van der Waals surface area contributed by atoms with Crippen LogP contribution in [0.2, 0.25) is 5.02 Å². The number of rotatable bonds is 4. The van der Waals surface area contributed by atoms with E-state index in [9.17, 15) is 14.4 Å². The quantitative estimate of drug-likeness (QED) is 0.680. The molecule has 0 aliphatic carbocycles. The highest BCUT2D eigenvalue weighted by Gasteiger charge is 2.31. The Labute approximate surface area is 141 Å². The maximum Gasteiger partial charge on any atom is 0.339 e. The number of Topliss-reactive ketones (excluding diaryl/α,β-unsaturated/α-hetero) is 1. The van der Waals surface area contributed by atoms with E-state index in [1.807, 2.05) is 0 Å². The summed E-state index contributed by atoms with van der Waals surface area (Å²) >= 11 is 7.16. The van der Waals surface area contributed by atoms with E-state index in [1.165, 1.54) is 17.4 Å². The van der Waals surface area contributed by atoms with Crippen molar-refractivity contribution in [3.8, 4) is 0 Å². The van der Waals surface area contributed by atoms with Crippen LogP contribution in [-0.4, -0.2) is 30.3 Å². The average Bonchev–Trinajstić information content (AvgIpc) is 3.07. The van der Waals surface area contributed by atoms with Crippen molar-refractivity contribution in [1.82, 2.24) is 5.32 Å². The molecule has 3 rings (SSSR count). The molecular weight excluding hydrogens is 338 g/mol. The van der Waals surface area contributed by atoms with Gasteiger partial charge in [0.05, 0.1) is 17.0 Å². The number of carbonyl (C=O) groups excluding carboxylic acids is 3. The molecule has 7 heteroatoms. The van der Waals surface area contributed by atoms with Gasteiger partial charge < -0.3 is 10.1 Å². The Bertz CT molecular complexity index is 772. The van der Waals surface area contributed by atoms with Gasteiger partial charge in [-0.1, -0.05) is 23.7 Å². The van der Waals surface area contributed by atoms with E-state index in [1.54, 1.807) is 29.6 Å². The Kier molecular flexibility index (Phi) is 4.45. The summed E-state index contributed by atoms with van der Waals surface area (Å²) in [5.74, 6) is -1.25. The number of cyclic esters (lactones) is 1. The molecule has 1 aliphatic heterocycles. The molecule has 0 fully saturated rings. The van der Waals surface area contributed by atoms with E-state index in [0.29, 0.717) is 21.0 Å². The zero-order chi connectivity index (χ0) is 16.4. The second-order valence-electron chi connectivity index (χ2n) is 5.02. The summed E-state index contributed by atoms with van der Waals surface area (Å²) in [7, 11) is 0. The standard InChI is InChI=1S/C16H12ClNO4S/c17-10-4-3-9-6-13(22-16(21)11(9)7-10)15(20)18-8-12(19)14-2-1-5-23-14/h1-5,7,13H,6,8H2,(H,18,20). The van der Waals surface area contributed by atoms with Crippen LogP contribution < -0.4 is 5.32 Å². The van der Waals surface area contributed by atoms with E-state index in [2.05, 4.69) is 5.32 Å². The summed E-state index contributed by atoms with van der Waals surface area (Å²) in [6.45, 7) is -0.124. The van der Waals surface area contributed by atoms with Crippen LogP contribution in [0.1, 0.15) is 25.6 Å². The lowest BCUT2D eigenvalue weighted by atomic mass is 9.98. The molecule has 1 aliphatic rings. The van der Waals surface area contributed by atoms with Crippen LogP contribution in [0, 0.1) is 0 Å². The molecule has 0 bridgehead atoms. The van der Waals surface area contributed by atoms with Crippen molar-refractivity contribution in [2.45, 2.75) is 12.5 Å². The first-order valence-electron chi connectivity index (χ1n) is 6.88. The van der Waals surface area contributed by atoms with Crippen LogP contribution in [-0.2, 0) is 16.0 Å². The van der Waals surface area contributed by atoms with Crippen molar-refractivity contribution in [2.24, 2.45) is 0 Å². The van der Waals surface area contributed by atoms with Crippen molar-refractivity contribution in [3.05, 3.63) is 56.7 Å². The summed E-state index contributed by atoms with van der Waals surface area (Å²) in [5.41, 5.74) is 1.08. The van der Waals surface area contributed by atoms with Gasteiger partial charge in [0.1, 0.15) is 0 Å². The topological polar surface area (TPSA) is 72.5 Å². The van der Waals surface area contributed by atoms with Gasteiger partial charge in [0, 0.05) is 11.4 Å². The van der Waals surface area contributed by atoms with Crippen LogP contribution in [0.5, 0.6) is 0 Å². The highest BCUT2D eigenvalue weighted by Crippen LogP contribution is 2.24. The number of fused-ring (bicyclic) bond motifs is 1. The summed E-state index contributed by atoms with van der Waals surface area (Å²) in [6.07, 6.45) is -0.676. The SMILES string of the molecule is O=C(CNC(=O)C1Cc2ccc(Cl)cc2C(=O)O1)c1cccs1. The molecular formula is C16H12ClNO4S. The van der Waals surface area contributed by atoms with Crippen LogP contribution in [0.15, 0.2) is 35.7 Å². The number of hydrogen-bond donors (Lipinski definition) is 1. The highest BCUT2D eigenvalue weighted by molar-refractivity contribution is 7.12. The van der Waals surface area contributed by atoms with Crippen molar-refractivity contribution in [2.75, 3.05) is 6.54 Å². The third-order valence-corrected chi connectivity index (χ3v) is 4.60. The second-order valence-corrected chi connectivity index (χ2v) is 6.40. The number of halogens is 1. The number of carbonyl (C=O) groups is 3. The predicted molar refractivity (Wildman–Crippen MR) is 86.0 cm³/mol. The first-order valence-corrected chi connectivity index (χ1v) is 8.14. The van der Waals surface area contributed by atoms with Crippen LogP contribution in [0.3, 0.4) is 0 Å². The van der Waals surface area contributed by atoms with Crippen LogP contribution in [0.25, 0.3) is 0 Å². The molecule has 118 valence electrons. The minimum Gasteiger partial charge on any atom is -0.448 e. The molecule has 23 heavy (non-hydrogen) atoms. The molecule has 0 saturated heterocycles. The Balaban J connectivity index is 1.64. The number of benzene rings is 1. The Morgan fingerprint density at radius 3 is 2.91 bits per heavy atom. The summed E-state index contributed by atoms with van der Waals surface area (Å²) < 4.78 is 5.13. The largest absolute Gasteiger partial charge is 0.448 e. The minimum absolute atomic E-state index is 0.124. The van der Waals surface area contributed by atoms with Crippen molar-refractivity contribution in [1.29, 1.82) is 0 Å². The van der Waals surface area contributed by atoms with Gasteiger partial charge in [-0.05, 0) is 29.1 Å². The van der Waals surface area contributed by atoms with Gasteiger partial charge in [-0.15, -0.1) is 11.3 Å². The smallest absolute Gasteiger partial charge is 0.339 e. The zero-order valence-corrected chi connectivity index (χ0v) is 13.4. The average molecular weight is 350 g/mol. The zero-order valence-electron chi connectivity index (χ0n) is 11.9. The third-order valence-electron chi connectivity index (χ3n) is 3.46. The van der Waals surface area contributed by atoms with Gasteiger partial charge in [0.15, 0.2) is 11.9 Å². The van der Waals surface area contributed by atoms with Crippen LogP contribution in [0.4, 0.5) is 0 Å². The van der Waals surface area contributed by atoms with Gasteiger partial charge in [0.25, 0.3) is 5.91 Å². The van der Waals surface area contributed by atoms with Crippen molar-refractivity contribution in [3.63, 3.8) is 0 Å². The minimum atomic E-state index is -0.938. The van der Waals surface area contributed by atoms with E-state index in [0.717, 1.165) is 0 Å². The Morgan fingerprint density at radius 2 is 2.17 bits per heavy atom. The fourth-order valence-corrected chi connectivity index (χ4v) is 3.14. The number of nitrogens with one attached hydrogen (secondary N) is 1. The molecule has 0 spiro atoms. The molecule has 1 aromatic carbocycles. The van der Waals surface area contributed by atoms with E-state index in [4.69, 9.17) is 16.3 Å². The number of amides is 1. The van der Waals surface area contributed by atoms with Crippen molar-refractivity contribution < 1.29 is 19.1 Å². The number of ether oxygens (including phenoxy) is 1. The highest BCUT2D eigenvalue weighted by atomic mass is 35.5. The van der Waals surface area contributed by atoms with E-state index >= 15 is 0 Å². The monoisotopic (exact) mass is 349 g/mol. The van der Waals surface area contributed by atoms with Crippen molar-refractivity contribution >= 4 is 40.6 Å². The molecule has 2 heterocycles. The molecule has 1 aromatic heterocycles. The first-order chi connectivity index (χ1) is 11.0. The summed E-state index contributed by atoms with van der Waals surface area (Å²) in [4.78, 5) is 36.5. The van der Waals surface area contributed by atoms with E-state index in [-0.39, 0.29) is 18.7 Å². The molecule has 0 saturated carbocycles. The van der Waals surface area contributed by atoms with Gasteiger partial charge in [-0.25, -0.2) is 4.79 Å². The fraction of sp³-hybridized carbons (Fsp3) is 0.188. The lowest BCUT2D eigenvalue weighted by molar-refractivity contribution is -0.130. The summed E-state index contributed by atoms with van der Waals surface area (Å²) in [6, 6.07) is 8.35. The lowest BCUT2D eigenvalue weighted by Crippen LogP contribution is -2.43. The Hall–Kier alpha value is -2.18. The molecule has 1 amide bonds. The number of esters is 1. The molecule has 1 N–H and O–H groups in total. The number of hydrogen-bond acceptors (Lipinski definition) is 5. The van der Waals surface area contributed by atoms with Gasteiger partial charge in [0.2, 0.25) is 0 Å². The third kappa shape index (κ3) is 3.43. The predicted octanol–water partition coefficient (Wildman–Crippen LogP) is 2.48. The number of thiophene rings is 1. The molecule has 0 radical (unpaired) electrons. The van der Waals surface area contributed by atoms with Crippen LogP contribution >= 0.6 is 22.9 Å². The molecule has 5 nitrogen and oxygen atoms in total. The maximum absolute atomic E-state index is 12.1. The Morgan fingerprint density at radius 1 is 1.35 bits per heavy atom. The normalized spacial score (nSPS) is 16.4. The molecule has 2 aromatic rings. The van der Waals surface area contributed by atoms with Gasteiger partial charge >= 0.3 is 5.97 Å². The van der Waals surface area contributed by atoms with E-state index < -0.39 is 18.0 Å². The van der Waals surface area contributed by atoms with Gasteiger partial charge in [-0.3, -0.25) is 9.59 Å². The maximum atomic E-state index is 12.1.